The molecule has 0 aliphatic heterocycles. The Hall–Kier alpha value is -1.90. The van der Waals surface area contributed by atoms with E-state index < -0.39 is 0 Å². The average Bonchev–Trinajstić information content (AvgIpc) is 2.50. The van der Waals surface area contributed by atoms with Crippen LogP contribution in [0.15, 0.2) is 54.7 Å². The van der Waals surface area contributed by atoms with Crippen molar-refractivity contribution in [2.24, 2.45) is 0 Å². The largest absolute Gasteiger partial charge is 0.225 e. The molecule has 0 spiro atoms. The van der Waals surface area contributed by atoms with Crippen molar-refractivity contribution >= 4 is 23.2 Å². The van der Waals surface area contributed by atoms with Crippen LogP contribution >= 0.6 is 23.2 Å². The van der Waals surface area contributed by atoms with E-state index in [2.05, 4.69) is 34.2 Å². The first-order chi connectivity index (χ1) is 10.1. The number of aryl methyl sites for hydroxylation is 1. The molecule has 3 rings (SSSR count). The maximum absolute atomic E-state index is 6.20. The van der Waals surface area contributed by atoms with E-state index in [-0.39, 0.29) is 5.28 Å². The van der Waals surface area contributed by atoms with Crippen LogP contribution in [0.3, 0.4) is 0 Å². The molecule has 0 bridgehead atoms. The lowest BCUT2D eigenvalue weighted by atomic mass is 9.99. The van der Waals surface area contributed by atoms with Crippen LogP contribution in [0.25, 0.3) is 22.4 Å². The van der Waals surface area contributed by atoms with Crippen LogP contribution in [0, 0.1) is 6.92 Å². The second kappa shape index (κ2) is 5.84. The molecule has 1 aromatic heterocycles. The number of halogens is 2. The van der Waals surface area contributed by atoms with Crippen molar-refractivity contribution in [1.29, 1.82) is 0 Å². The monoisotopic (exact) mass is 314 g/mol. The first-order valence-electron chi connectivity index (χ1n) is 6.49. The summed E-state index contributed by atoms with van der Waals surface area (Å²) >= 11 is 12.1. The Morgan fingerprint density at radius 2 is 1.57 bits per heavy atom. The molecule has 0 saturated carbocycles. The van der Waals surface area contributed by atoms with E-state index in [0.29, 0.717) is 10.7 Å². The Labute approximate surface area is 133 Å². The predicted octanol–water partition coefficient (Wildman–Crippen LogP) is 5.43. The first-order valence-corrected chi connectivity index (χ1v) is 7.24. The second-order valence-corrected chi connectivity index (χ2v) is 5.53. The minimum atomic E-state index is 0.192. The van der Waals surface area contributed by atoms with E-state index in [1.165, 1.54) is 6.20 Å². The van der Waals surface area contributed by atoms with Gasteiger partial charge in [0.15, 0.2) is 0 Å². The van der Waals surface area contributed by atoms with Gasteiger partial charge in [-0.1, -0.05) is 48.0 Å². The van der Waals surface area contributed by atoms with Crippen molar-refractivity contribution in [2.75, 3.05) is 0 Å². The molecule has 0 unspecified atom stereocenters. The van der Waals surface area contributed by atoms with Crippen molar-refractivity contribution in [2.45, 2.75) is 6.92 Å². The highest BCUT2D eigenvalue weighted by Crippen LogP contribution is 2.31. The molecular formula is C17H12Cl2N2. The molecule has 1 heterocycles. The van der Waals surface area contributed by atoms with E-state index in [4.69, 9.17) is 23.2 Å². The topological polar surface area (TPSA) is 25.8 Å². The van der Waals surface area contributed by atoms with E-state index >= 15 is 0 Å². The summed E-state index contributed by atoms with van der Waals surface area (Å²) in [6.45, 7) is 2.05. The van der Waals surface area contributed by atoms with Gasteiger partial charge in [-0.05, 0) is 47.3 Å². The summed E-state index contributed by atoms with van der Waals surface area (Å²) in [6, 6.07) is 16.4. The van der Waals surface area contributed by atoms with Gasteiger partial charge in [-0.15, -0.1) is 0 Å². The third-order valence-electron chi connectivity index (χ3n) is 3.17. The second-order valence-electron chi connectivity index (χ2n) is 4.79. The van der Waals surface area contributed by atoms with Crippen LogP contribution < -0.4 is 0 Å². The predicted molar refractivity (Wildman–Crippen MR) is 87.7 cm³/mol. The molecular weight excluding hydrogens is 303 g/mol. The lowest BCUT2D eigenvalue weighted by Crippen LogP contribution is -1.91. The molecule has 104 valence electrons. The van der Waals surface area contributed by atoms with Gasteiger partial charge in [-0.2, -0.15) is 0 Å². The lowest BCUT2D eigenvalue weighted by molar-refractivity contribution is 1.17. The van der Waals surface area contributed by atoms with Gasteiger partial charge < -0.3 is 0 Å². The number of aromatic nitrogens is 2. The minimum Gasteiger partial charge on any atom is -0.225 e. The number of hydrogen-bond donors (Lipinski definition) is 0. The van der Waals surface area contributed by atoms with Crippen LogP contribution in [-0.2, 0) is 0 Å². The number of rotatable bonds is 2. The smallest absolute Gasteiger partial charge is 0.222 e. The van der Waals surface area contributed by atoms with E-state index in [9.17, 15) is 0 Å². The summed E-state index contributed by atoms with van der Waals surface area (Å²) < 4.78 is 0. The summed E-state index contributed by atoms with van der Waals surface area (Å²) in [5, 5.41) is 0.682. The number of benzene rings is 2. The normalized spacial score (nSPS) is 10.6. The first kappa shape index (κ1) is 14.1. The zero-order valence-corrected chi connectivity index (χ0v) is 12.9. The maximum atomic E-state index is 6.20. The van der Waals surface area contributed by atoms with Crippen molar-refractivity contribution in [3.63, 3.8) is 0 Å². The SMILES string of the molecule is Cc1cc(-c2ccccc2)cc(-c2nc(Cl)ncc2Cl)c1. The zero-order chi connectivity index (χ0) is 14.8. The van der Waals surface area contributed by atoms with Crippen LogP contribution in [0.1, 0.15) is 5.56 Å². The Morgan fingerprint density at radius 1 is 0.857 bits per heavy atom. The van der Waals surface area contributed by atoms with Crippen molar-refractivity contribution in [3.05, 3.63) is 70.6 Å². The maximum Gasteiger partial charge on any atom is 0.222 e. The Kier molecular flexibility index (Phi) is 3.91. The summed E-state index contributed by atoms with van der Waals surface area (Å²) in [5.41, 5.74) is 4.99. The molecule has 0 N–H and O–H groups in total. The van der Waals surface area contributed by atoms with Gasteiger partial charge in [-0.3, -0.25) is 0 Å². The highest BCUT2D eigenvalue weighted by Gasteiger charge is 2.09. The third kappa shape index (κ3) is 3.07. The van der Waals surface area contributed by atoms with Gasteiger partial charge in [0, 0.05) is 5.56 Å². The summed E-state index contributed by atoms with van der Waals surface area (Å²) in [5.74, 6) is 0. The fraction of sp³-hybridized carbons (Fsp3) is 0.0588. The zero-order valence-electron chi connectivity index (χ0n) is 11.3. The molecule has 0 radical (unpaired) electrons. The highest BCUT2D eigenvalue weighted by atomic mass is 35.5. The number of nitrogens with zero attached hydrogens (tertiary/aromatic N) is 2. The van der Waals surface area contributed by atoms with Crippen LogP contribution in [-0.4, -0.2) is 9.97 Å². The fourth-order valence-electron chi connectivity index (χ4n) is 2.27. The summed E-state index contributed by atoms with van der Waals surface area (Å²) in [4.78, 5) is 8.13. The van der Waals surface area contributed by atoms with Gasteiger partial charge in [0.25, 0.3) is 0 Å². The molecule has 0 saturated heterocycles. The van der Waals surface area contributed by atoms with Crippen molar-refractivity contribution < 1.29 is 0 Å². The number of hydrogen-bond acceptors (Lipinski definition) is 2. The van der Waals surface area contributed by atoms with Gasteiger partial charge in [0.1, 0.15) is 0 Å². The van der Waals surface area contributed by atoms with Crippen LogP contribution in [0.5, 0.6) is 0 Å². The standard InChI is InChI=1S/C17H12Cl2N2/c1-11-7-13(12-5-3-2-4-6-12)9-14(8-11)16-15(18)10-20-17(19)21-16/h2-10H,1H3. The highest BCUT2D eigenvalue weighted by molar-refractivity contribution is 6.33. The Morgan fingerprint density at radius 3 is 2.33 bits per heavy atom. The van der Waals surface area contributed by atoms with Crippen LogP contribution in [0.2, 0.25) is 10.3 Å². The third-order valence-corrected chi connectivity index (χ3v) is 3.63. The molecule has 0 fully saturated rings. The van der Waals surface area contributed by atoms with Gasteiger partial charge in [0.2, 0.25) is 5.28 Å². The molecule has 0 atom stereocenters. The van der Waals surface area contributed by atoms with Crippen molar-refractivity contribution in [3.8, 4) is 22.4 Å². The molecule has 2 aromatic carbocycles. The van der Waals surface area contributed by atoms with E-state index in [1.54, 1.807) is 0 Å². The summed E-state index contributed by atoms with van der Waals surface area (Å²) in [6.07, 6.45) is 1.52. The Balaban J connectivity index is 2.16. The van der Waals surface area contributed by atoms with Crippen LogP contribution in [0.4, 0.5) is 0 Å². The van der Waals surface area contributed by atoms with E-state index in [0.717, 1.165) is 22.3 Å². The van der Waals surface area contributed by atoms with Gasteiger partial charge >= 0.3 is 0 Å². The van der Waals surface area contributed by atoms with Crippen molar-refractivity contribution in [1.82, 2.24) is 9.97 Å². The molecule has 4 heteroatoms. The molecule has 2 nitrogen and oxygen atoms in total. The fourth-order valence-corrected chi connectivity index (χ4v) is 2.60. The summed E-state index contributed by atoms with van der Waals surface area (Å²) in [7, 11) is 0. The molecule has 0 aliphatic carbocycles. The lowest BCUT2D eigenvalue weighted by Gasteiger charge is -2.09. The quantitative estimate of drug-likeness (QED) is 0.590. The average molecular weight is 315 g/mol. The van der Waals surface area contributed by atoms with Gasteiger partial charge in [-0.25, -0.2) is 9.97 Å². The Bertz CT molecular complexity index is 786. The molecule has 21 heavy (non-hydrogen) atoms. The molecule has 3 aromatic rings. The van der Waals surface area contributed by atoms with Gasteiger partial charge in [0.05, 0.1) is 16.9 Å². The minimum absolute atomic E-state index is 0.192. The molecule has 0 aliphatic rings. The molecule has 0 amide bonds. The van der Waals surface area contributed by atoms with E-state index in [1.807, 2.05) is 31.2 Å².